The Morgan fingerprint density at radius 2 is 1.64 bits per heavy atom. The van der Waals surface area contributed by atoms with Crippen molar-refractivity contribution >= 4 is 37.6 Å². The molecule has 0 saturated carbocycles. The lowest BCUT2D eigenvalue weighted by Crippen LogP contribution is -2.13. The quantitative estimate of drug-likeness (QED) is 0.415. The van der Waals surface area contributed by atoms with Gasteiger partial charge in [0.2, 0.25) is 0 Å². The minimum atomic E-state index is -0.255. The van der Waals surface area contributed by atoms with Gasteiger partial charge in [0, 0.05) is 17.1 Å². The molecule has 3 aromatic carbocycles. The number of fused-ring (bicyclic) bond motifs is 2. The Hall–Kier alpha value is -3.44. The number of rotatable bonds is 4. The predicted molar refractivity (Wildman–Crippen MR) is 115 cm³/mol. The molecule has 4 nitrogen and oxygen atoms in total. The summed E-state index contributed by atoms with van der Waals surface area (Å²) < 4.78 is 1.13. The van der Waals surface area contributed by atoms with E-state index < -0.39 is 0 Å². The van der Waals surface area contributed by atoms with Crippen molar-refractivity contribution in [3.05, 3.63) is 96.2 Å². The summed E-state index contributed by atoms with van der Waals surface area (Å²) in [5.41, 5.74) is 3.66. The van der Waals surface area contributed by atoms with Crippen LogP contribution in [0.5, 0.6) is 5.75 Å². The molecule has 28 heavy (non-hydrogen) atoms. The van der Waals surface area contributed by atoms with E-state index in [0.717, 1.165) is 37.4 Å². The number of nitrogens with zero attached hydrogens (tertiary/aromatic N) is 2. The highest BCUT2D eigenvalue weighted by atomic mass is 32.1. The summed E-state index contributed by atoms with van der Waals surface area (Å²) >= 11 is 1.61. The standard InChI is InChI=1S/C23H17N3OS/c27-19-13-12-17-16(9-6-14-24-17)21(19)22(15-7-2-1-3-8-15)26-23-25-18-10-4-5-11-20(18)28-23/h1-14,22,27H,(H,25,26). The van der Waals surface area contributed by atoms with Gasteiger partial charge in [0.05, 0.1) is 21.8 Å². The molecule has 0 aliphatic heterocycles. The topological polar surface area (TPSA) is 58.0 Å². The fourth-order valence-electron chi connectivity index (χ4n) is 3.49. The van der Waals surface area contributed by atoms with E-state index in [2.05, 4.69) is 28.5 Å². The summed E-state index contributed by atoms with van der Waals surface area (Å²) in [4.78, 5) is 9.17. The number of nitrogens with one attached hydrogen (secondary N) is 1. The van der Waals surface area contributed by atoms with Crippen LogP contribution < -0.4 is 5.32 Å². The number of benzene rings is 3. The van der Waals surface area contributed by atoms with Crippen LogP contribution in [0.25, 0.3) is 21.1 Å². The normalized spacial score (nSPS) is 12.3. The summed E-state index contributed by atoms with van der Waals surface area (Å²) in [7, 11) is 0. The molecule has 0 bridgehead atoms. The van der Waals surface area contributed by atoms with E-state index in [1.807, 2.05) is 54.6 Å². The summed E-state index contributed by atoms with van der Waals surface area (Å²) in [6.07, 6.45) is 1.77. The van der Waals surface area contributed by atoms with Crippen molar-refractivity contribution in [2.75, 3.05) is 5.32 Å². The largest absolute Gasteiger partial charge is 0.508 e. The molecule has 2 aromatic heterocycles. The molecular weight excluding hydrogens is 366 g/mol. The molecule has 0 aliphatic carbocycles. The van der Waals surface area contributed by atoms with Crippen molar-refractivity contribution in [3.63, 3.8) is 0 Å². The fraction of sp³-hybridized carbons (Fsp3) is 0.0435. The highest BCUT2D eigenvalue weighted by molar-refractivity contribution is 7.22. The molecule has 0 fully saturated rings. The number of thiazole rings is 1. The maximum Gasteiger partial charge on any atom is 0.184 e. The smallest absolute Gasteiger partial charge is 0.184 e. The molecule has 2 N–H and O–H groups in total. The van der Waals surface area contributed by atoms with E-state index in [1.54, 1.807) is 23.6 Å². The molecule has 5 rings (SSSR count). The third-order valence-corrected chi connectivity index (χ3v) is 5.75. The van der Waals surface area contributed by atoms with Crippen LogP contribution in [-0.4, -0.2) is 15.1 Å². The lowest BCUT2D eigenvalue weighted by atomic mass is 9.94. The van der Waals surface area contributed by atoms with Gasteiger partial charge in [-0.1, -0.05) is 59.9 Å². The number of hydrogen-bond donors (Lipinski definition) is 2. The monoisotopic (exact) mass is 383 g/mol. The summed E-state index contributed by atoms with van der Waals surface area (Å²) in [6.45, 7) is 0. The van der Waals surface area contributed by atoms with Gasteiger partial charge in [-0.05, 0) is 35.9 Å². The van der Waals surface area contributed by atoms with E-state index in [4.69, 9.17) is 4.98 Å². The minimum absolute atomic E-state index is 0.239. The first-order valence-corrected chi connectivity index (χ1v) is 9.85. The van der Waals surface area contributed by atoms with Gasteiger partial charge in [0.1, 0.15) is 5.75 Å². The van der Waals surface area contributed by atoms with Gasteiger partial charge in [-0.15, -0.1) is 0 Å². The molecular formula is C23H17N3OS. The molecule has 5 heteroatoms. The molecule has 0 radical (unpaired) electrons. The fourth-order valence-corrected chi connectivity index (χ4v) is 4.39. The molecule has 0 aliphatic rings. The molecule has 0 saturated heterocycles. The SMILES string of the molecule is Oc1ccc2ncccc2c1C(Nc1nc2ccccc2s1)c1ccccc1. The number of phenols is 1. The van der Waals surface area contributed by atoms with E-state index in [-0.39, 0.29) is 11.8 Å². The molecule has 0 amide bonds. The number of aromatic nitrogens is 2. The van der Waals surface area contributed by atoms with E-state index >= 15 is 0 Å². The first-order chi connectivity index (χ1) is 13.8. The van der Waals surface area contributed by atoms with Crippen molar-refractivity contribution < 1.29 is 5.11 Å². The molecule has 0 spiro atoms. The van der Waals surface area contributed by atoms with Crippen molar-refractivity contribution in [1.29, 1.82) is 0 Å². The first-order valence-electron chi connectivity index (χ1n) is 9.03. The zero-order valence-corrected chi connectivity index (χ0v) is 15.7. The zero-order chi connectivity index (χ0) is 18.9. The summed E-state index contributed by atoms with van der Waals surface area (Å²) in [5, 5.41) is 16.1. The van der Waals surface area contributed by atoms with Gasteiger partial charge in [-0.3, -0.25) is 4.98 Å². The maximum absolute atomic E-state index is 10.8. The Bertz CT molecular complexity index is 1230. The molecule has 136 valence electrons. The van der Waals surface area contributed by atoms with Gasteiger partial charge in [-0.25, -0.2) is 4.98 Å². The van der Waals surface area contributed by atoms with Crippen LogP contribution in [0.3, 0.4) is 0 Å². The number of hydrogen-bond acceptors (Lipinski definition) is 5. The van der Waals surface area contributed by atoms with Crippen molar-refractivity contribution in [1.82, 2.24) is 9.97 Å². The van der Waals surface area contributed by atoms with Gasteiger partial charge in [0.15, 0.2) is 5.13 Å². The van der Waals surface area contributed by atoms with Crippen molar-refractivity contribution in [3.8, 4) is 5.75 Å². The second-order valence-electron chi connectivity index (χ2n) is 6.54. The Morgan fingerprint density at radius 3 is 2.50 bits per heavy atom. The first kappa shape index (κ1) is 16.7. The van der Waals surface area contributed by atoms with Crippen LogP contribution in [0, 0.1) is 0 Å². The number of para-hydroxylation sites is 1. The Balaban J connectivity index is 1.69. The van der Waals surface area contributed by atoms with Crippen molar-refractivity contribution in [2.24, 2.45) is 0 Å². The third kappa shape index (κ3) is 2.96. The van der Waals surface area contributed by atoms with Gasteiger partial charge in [-0.2, -0.15) is 0 Å². The highest BCUT2D eigenvalue weighted by Gasteiger charge is 2.22. The number of anilines is 1. The average molecular weight is 383 g/mol. The van der Waals surface area contributed by atoms with E-state index in [0.29, 0.717) is 0 Å². The van der Waals surface area contributed by atoms with Crippen LogP contribution in [-0.2, 0) is 0 Å². The number of aromatic hydroxyl groups is 1. The molecule has 5 aromatic rings. The van der Waals surface area contributed by atoms with Crippen LogP contribution in [0.4, 0.5) is 5.13 Å². The maximum atomic E-state index is 10.8. The van der Waals surface area contributed by atoms with Crippen LogP contribution >= 0.6 is 11.3 Å². The molecule has 1 unspecified atom stereocenters. The molecule has 2 heterocycles. The summed E-state index contributed by atoms with van der Waals surface area (Å²) in [5.74, 6) is 0.239. The van der Waals surface area contributed by atoms with Gasteiger partial charge >= 0.3 is 0 Å². The van der Waals surface area contributed by atoms with Crippen LogP contribution in [0.1, 0.15) is 17.2 Å². The second-order valence-corrected chi connectivity index (χ2v) is 7.57. The highest BCUT2D eigenvalue weighted by Crippen LogP contribution is 2.38. The summed E-state index contributed by atoms with van der Waals surface area (Å²) in [6, 6.07) is 25.4. The third-order valence-electron chi connectivity index (χ3n) is 4.79. The lowest BCUT2D eigenvalue weighted by Gasteiger charge is -2.22. The van der Waals surface area contributed by atoms with Gasteiger partial charge < -0.3 is 10.4 Å². The lowest BCUT2D eigenvalue weighted by molar-refractivity contribution is 0.468. The average Bonchev–Trinajstić information content (AvgIpc) is 3.16. The Labute approximate surface area is 166 Å². The second kappa shape index (κ2) is 6.94. The Kier molecular flexibility index (Phi) is 4.14. The van der Waals surface area contributed by atoms with E-state index in [9.17, 15) is 5.11 Å². The predicted octanol–water partition coefficient (Wildman–Crippen LogP) is 5.75. The van der Waals surface area contributed by atoms with E-state index in [1.165, 1.54) is 0 Å². The molecule has 1 atom stereocenters. The van der Waals surface area contributed by atoms with Gasteiger partial charge in [0.25, 0.3) is 0 Å². The van der Waals surface area contributed by atoms with Crippen LogP contribution in [0.2, 0.25) is 0 Å². The number of pyridine rings is 1. The number of phenolic OH excluding ortho intramolecular Hbond substituents is 1. The minimum Gasteiger partial charge on any atom is -0.508 e. The van der Waals surface area contributed by atoms with Crippen LogP contribution in [0.15, 0.2) is 85.1 Å². The Morgan fingerprint density at radius 1 is 0.821 bits per heavy atom. The zero-order valence-electron chi connectivity index (χ0n) is 14.9. The van der Waals surface area contributed by atoms with Crippen molar-refractivity contribution in [2.45, 2.75) is 6.04 Å².